The first-order valence-corrected chi connectivity index (χ1v) is 11.5. The molecule has 1 aromatic heterocycles. The molecule has 2 aromatic carbocycles. The number of anilines is 1. The third-order valence-corrected chi connectivity index (χ3v) is 5.78. The van der Waals surface area contributed by atoms with Crippen LogP contribution in [-0.4, -0.2) is 24.3 Å². The Hall–Kier alpha value is -3.74. The van der Waals surface area contributed by atoms with Crippen LogP contribution in [0.3, 0.4) is 0 Å². The van der Waals surface area contributed by atoms with E-state index in [4.69, 9.17) is 30.5 Å². The molecular weight excluding hydrogens is 478 g/mol. The molecule has 2 heterocycles. The summed E-state index contributed by atoms with van der Waals surface area (Å²) in [6.07, 6.45) is 3.08. The van der Waals surface area contributed by atoms with Crippen molar-refractivity contribution in [1.82, 2.24) is 4.98 Å². The van der Waals surface area contributed by atoms with Crippen LogP contribution in [0.25, 0.3) is 6.08 Å². The number of thiazole rings is 1. The molecule has 1 aliphatic rings. The highest BCUT2D eigenvalue weighted by molar-refractivity contribution is 7.15. The number of amides is 1. The molecule has 0 bridgehead atoms. The van der Waals surface area contributed by atoms with E-state index in [-0.39, 0.29) is 24.0 Å². The average molecular weight is 498 g/mol. The van der Waals surface area contributed by atoms with Crippen LogP contribution in [0, 0.1) is 18.3 Å². The Labute approximate surface area is 205 Å². The fraction of sp³-hybridized carbons (Fsp3) is 0.208. The van der Waals surface area contributed by atoms with Crippen molar-refractivity contribution in [2.75, 3.05) is 18.7 Å². The lowest BCUT2D eigenvalue weighted by molar-refractivity contribution is -0.112. The van der Waals surface area contributed by atoms with E-state index in [1.807, 2.05) is 38.1 Å². The molecule has 8 nitrogen and oxygen atoms in total. The lowest BCUT2D eigenvalue weighted by Gasteiger charge is -2.15. The average Bonchev–Trinajstić information content (AvgIpc) is 3.45. The number of aryl methyl sites for hydroxylation is 1. The number of nitrogens with zero attached hydrogens (tertiary/aromatic N) is 2. The number of rotatable bonds is 8. The van der Waals surface area contributed by atoms with Gasteiger partial charge in [-0.25, -0.2) is 4.98 Å². The molecule has 1 N–H and O–H groups in total. The van der Waals surface area contributed by atoms with Crippen molar-refractivity contribution in [3.8, 4) is 29.1 Å². The van der Waals surface area contributed by atoms with Crippen molar-refractivity contribution in [3.05, 3.63) is 63.1 Å². The molecular formula is C24H20ClN3O5S. The fourth-order valence-corrected chi connectivity index (χ4v) is 4.09. The van der Waals surface area contributed by atoms with Gasteiger partial charge in [0.1, 0.15) is 18.2 Å². The molecule has 1 aliphatic heterocycles. The third-order valence-electron chi connectivity index (χ3n) is 4.67. The summed E-state index contributed by atoms with van der Waals surface area (Å²) in [6.45, 7) is 4.51. The van der Waals surface area contributed by atoms with Gasteiger partial charge in [0, 0.05) is 11.1 Å². The first kappa shape index (κ1) is 23.4. The standard InChI is InChI=1S/C24H20ClN3O5S/c1-3-30-21-9-16(6-17(10-26)23(29)28-24-27-11-14(2)34-24)7-18(25)22(21)31-12-15-4-5-19-20(8-15)33-13-32-19/h4-9,11H,3,12-13H2,1-2H3,(H,27,28,29)/b17-6-. The number of carbonyl (C=O) groups excluding carboxylic acids is 1. The zero-order chi connectivity index (χ0) is 24.1. The van der Waals surface area contributed by atoms with Crippen LogP contribution in [0.15, 0.2) is 42.1 Å². The third kappa shape index (κ3) is 5.42. The molecule has 0 atom stereocenters. The van der Waals surface area contributed by atoms with Crippen LogP contribution in [0.5, 0.6) is 23.0 Å². The lowest BCUT2D eigenvalue weighted by atomic mass is 10.1. The van der Waals surface area contributed by atoms with E-state index >= 15 is 0 Å². The summed E-state index contributed by atoms with van der Waals surface area (Å²) in [7, 11) is 0. The number of aromatic nitrogens is 1. The molecule has 0 aliphatic carbocycles. The van der Waals surface area contributed by atoms with Gasteiger partial charge in [0.2, 0.25) is 6.79 Å². The van der Waals surface area contributed by atoms with E-state index < -0.39 is 5.91 Å². The maximum absolute atomic E-state index is 12.5. The number of benzene rings is 2. The predicted octanol–water partition coefficient (Wildman–Crippen LogP) is 5.36. The Morgan fingerprint density at radius 3 is 2.85 bits per heavy atom. The Kier molecular flexibility index (Phi) is 7.21. The van der Waals surface area contributed by atoms with Gasteiger partial charge in [-0.1, -0.05) is 17.7 Å². The van der Waals surface area contributed by atoms with Crippen molar-refractivity contribution in [2.45, 2.75) is 20.5 Å². The Morgan fingerprint density at radius 2 is 2.12 bits per heavy atom. The summed E-state index contributed by atoms with van der Waals surface area (Å²) >= 11 is 7.82. The molecule has 174 valence electrons. The van der Waals surface area contributed by atoms with E-state index in [0.29, 0.717) is 40.3 Å². The smallest absolute Gasteiger partial charge is 0.268 e. The SMILES string of the molecule is CCOc1cc(/C=C(/C#N)C(=O)Nc2ncc(C)s2)cc(Cl)c1OCc1ccc2c(c1)OCO2. The number of ether oxygens (including phenoxy) is 4. The van der Waals surface area contributed by atoms with Crippen molar-refractivity contribution in [1.29, 1.82) is 5.26 Å². The second-order valence-electron chi connectivity index (χ2n) is 7.14. The van der Waals surface area contributed by atoms with Gasteiger partial charge in [0.15, 0.2) is 28.1 Å². The number of halogens is 1. The monoisotopic (exact) mass is 497 g/mol. The molecule has 0 fully saturated rings. The van der Waals surface area contributed by atoms with E-state index in [1.54, 1.807) is 18.3 Å². The van der Waals surface area contributed by atoms with Gasteiger partial charge < -0.3 is 18.9 Å². The minimum atomic E-state index is -0.561. The van der Waals surface area contributed by atoms with Gasteiger partial charge in [0.25, 0.3) is 5.91 Å². The molecule has 0 spiro atoms. The zero-order valence-electron chi connectivity index (χ0n) is 18.4. The maximum atomic E-state index is 12.5. The number of nitriles is 1. The Balaban J connectivity index is 1.54. The number of hydrogen-bond acceptors (Lipinski definition) is 8. The van der Waals surface area contributed by atoms with Gasteiger partial charge in [-0.2, -0.15) is 5.26 Å². The maximum Gasteiger partial charge on any atom is 0.268 e. The number of nitrogens with one attached hydrogen (secondary N) is 1. The van der Waals surface area contributed by atoms with E-state index in [0.717, 1.165) is 10.4 Å². The van der Waals surface area contributed by atoms with E-state index in [2.05, 4.69) is 10.3 Å². The van der Waals surface area contributed by atoms with Crippen molar-refractivity contribution in [3.63, 3.8) is 0 Å². The molecule has 3 aromatic rings. The van der Waals surface area contributed by atoms with Gasteiger partial charge in [0.05, 0.1) is 11.6 Å². The van der Waals surface area contributed by atoms with Crippen LogP contribution in [0.4, 0.5) is 5.13 Å². The second kappa shape index (κ2) is 10.5. The van der Waals surface area contributed by atoms with Gasteiger partial charge in [-0.3, -0.25) is 10.1 Å². The van der Waals surface area contributed by atoms with E-state index in [9.17, 15) is 10.1 Å². The van der Waals surface area contributed by atoms with Crippen molar-refractivity contribution in [2.24, 2.45) is 0 Å². The van der Waals surface area contributed by atoms with Gasteiger partial charge in [-0.05, 0) is 55.3 Å². The van der Waals surface area contributed by atoms with E-state index in [1.165, 1.54) is 17.4 Å². The highest BCUT2D eigenvalue weighted by atomic mass is 35.5. The first-order valence-electron chi connectivity index (χ1n) is 10.3. The van der Waals surface area contributed by atoms with Crippen molar-refractivity contribution < 1.29 is 23.7 Å². The molecule has 1 amide bonds. The molecule has 10 heteroatoms. The predicted molar refractivity (Wildman–Crippen MR) is 129 cm³/mol. The summed E-state index contributed by atoms with van der Waals surface area (Å²) in [5, 5.41) is 12.8. The van der Waals surface area contributed by atoms with Gasteiger partial charge >= 0.3 is 0 Å². The van der Waals surface area contributed by atoms with Gasteiger partial charge in [-0.15, -0.1) is 11.3 Å². The highest BCUT2D eigenvalue weighted by Gasteiger charge is 2.17. The van der Waals surface area contributed by atoms with Crippen LogP contribution < -0.4 is 24.3 Å². The number of fused-ring (bicyclic) bond motifs is 1. The largest absolute Gasteiger partial charge is 0.490 e. The molecule has 4 rings (SSSR count). The van der Waals surface area contributed by atoms with Crippen molar-refractivity contribution >= 4 is 40.1 Å². The summed E-state index contributed by atoms with van der Waals surface area (Å²) in [5.41, 5.74) is 1.29. The lowest BCUT2D eigenvalue weighted by Crippen LogP contribution is -2.13. The number of carbonyl (C=O) groups is 1. The van der Waals surface area contributed by atoms with Crippen LogP contribution in [-0.2, 0) is 11.4 Å². The molecule has 34 heavy (non-hydrogen) atoms. The second-order valence-corrected chi connectivity index (χ2v) is 8.78. The molecule has 0 radical (unpaired) electrons. The highest BCUT2D eigenvalue weighted by Crippen LogP contribution is 2.39. The quantitative estimate of drug-likeness (QED) is 0.330. The minimum Gasteiger partial charge on any atom is -0.490 e. The Bertz CT molecular complexity index is 1300. The Morgan fingerprint density at radius 1 is 1.29 bits per heavy atom. The molecule has 0 saturated heterocycles. The molecule has 0 saturated carbocycles. The summed E-state index contributed by atoms with van der Waals surface area (Å²) in [5.74, 6) is 1.55. The first-order chi connectivity index (χ1) is 16.5. The topological polar surface area (TPSA) is 103 Å². The summed E-state index contributed by atoms with van der Waals surface area (Å²) in [4.78, 5) is 17.5. The number of hydrogen-bond donors (Lipinski definition) is 1. The van der Waals surface area contributed by atoms with Crippen LogP contribution in [0.2, 0.25) is 5.02 Å². The van der Waals surface area contributed by atoms with Crippen LogP contribution >= 0.6 is 22.9 Å². The summed E-state index contributed by atoms with van der Waals surface area (Å²) in [6, 6.07) is 10.7. The summed E-state index contributed by atoms with van der Waals surface area (Å²) < 4.78 is 22.4. The molecule has 0 unspecified atom stereocenters. The minimum absolute atomic E-state index is 0.0969. The fourth-order valence-electron chi connectivity index (χ4n) is 3.15. The van der Waals surface area contributed by atoms with Crippen LogP contribution in [0.1, 0.15) is 22.9 Å². The normalized spacial score (nSPS) is 12.2. The zero-order valence-corrected chi connectivity index (χ0v) is 20.0.